The molecule has 8 heteroatoms. The predicted octanol–water partition coefficient (Wildman–Crippen LogP) is 4.28. The first-order valence-electron chi connectivity index (χ1n) is 11.2. The zero-order chi connectivity index (χ0) is 24.9. The fourth-order valence-electron chi connectivity index (χ4n) is 3.75. The molecule has 7 nitrogen and oxygen atoms in total. The number of carbonyl (C=O) groups is 2. The van der Waals surface area contributed by atoms with Gasteiger partial charge in [-0.2, -0.15) is 0 Å². The van der Waals surface area contributed by atoms with Gasteiger partial charge in [-0.15, -0.1) is 0 Å². The van der Waals surface area contributed by atoms with Crippen molar-refractivity contribution in [3.8, 4) is 0 Å². The van der Waals surface area contributed by atoms with Crippen molar-refractivity contribution in [1.29, 1.82) is 0 Å². The Morgan fingerprint density at radius 3 is 2.49 bits per heavy atom. The number of amides is 2. The molecule has 4 aromatic rings. The number of benzene rings is 2. The number of aryl methyl sites for hydroxylation is 2. The number of carbonyl (C=O) groups excluding carboxylic acids is 2. The number of hydrogen-bond donors (Lipinski definition) is 2. The van der Waals surface area contributed by atoms with Gasteiger partial charge in [0.25, 0.3) is 5.91 Å². The molecule has 0 saturated heterocycles. The van der Waals surface area contributed by atoms with E-state index in [4.69, 9.17) is 11.6 Å². The Labute approximate surface area is 207 Å². The SMILES string of the molecule is Cc1ccc2c(=O)c(C(=O)Nc3ccccc3C)cn(CC(=O)NCCc3ccc(Cl)cc3)c2n1. The maximum atomic E-state index is 13.1. The molecule has 0 aliphatic carbocycles. The molecular weight excluding hydrogens is 464 g/mol. The minimum Gasteiger partial charge on any atom is -0.354 e. The molecule has 2 aromatic heterocycles. The number of para-hydroxylation sites is 1. The van der Waals surface area contributed by atoms with Gasteiger partial charge in [-0.3, -0.25) is 14.4 Å². The summed E-state index contributed by atoms with van der Waals surface area (Å²) in [4.78, 5) is 43.3. The number of pyridine rings is 2. The zero-order valence-electron chi connectivity index (χ0n) is 19.5. The van der Waals surface area contributed by atoms with Crippen molar-refractivity contribution in [2.45, 2.75) is 26.8 Å². The Morgan fingerprint density at radius 2 is 1.74 bits per heavy atom. The van der Waals surface area contributed by atoms with E-state index in [9.17, 15) is 14.4 Å². The highest BCUT2D eigenvalue weighted by Crippen LogP contribution is 2.16. The van der Waals surface area contributed by atoms with E-state index in [0.29, 0.717) is 35.0 Å². The topological polar surface area (TPSA) is 93.1 Å². The molecule has 35 heavy (non-hydrogen) atoms. The van der Waals surface area contributed by atoms with Crippen LogP contribution in [0.5, 0.6) is 0 Å². The van der Waals surface area contributed by atoms with Gasteiger partial charge in [-0.25, -0.2) is 4.98 Å². The summed E-state index contributed by atoms with van der Waals surface area (Å²) in [6, 6.07) is 18.1. The van der Waals surface area contributed by atoms with Gasteiger partial charge in [0.2, 0.25) is 11.3 Å². The van der Waals surface area contributed by atoms with Crippen LogP contribution < -0.4 is 16.1 Å². The lowest BCUT2D eigenvalue weighted by molar-refractivity contribution is -0.121. The molecule has 0 saturated carbocycles. The predicted molar refractivity (Wildman–Crippen MR) is 138 cm³/mol. The molecule has 2 N–H and O–H groups in total. The summed E-state index contributed by atoms with van der Waals surface area (Å²) >= 11 is 5.92. The van der Waals surface area contributed by atoms with Crippen molar-refractivity contribution < 1.29 is 9.59 Å². The molecule has 0 aliphatic heterocycles. The summed E-state index contributed by atoms with van der Waals surface area (Å²) in [6.07, 6.45) is 2.05. The van der Waals surface area contributed by atoms with Crippen LogP contribution in [0.25, 0.3) is 11.0 Å². The number of nitrogens with one attached hydrogen (secondary N) is 2. The van der Waals surface area contributed by atoms with Crippen LogP contribution >= 0.6 is 11.6 Å². The molecule has 0 spiro atoms. The highest BCUT2D eigenvalue weighted by Gasteiger charge is 2.18. The third kappa shape index (κ3) is 5.75. The second kappa shape index (κ2) is 10.5. The lowest BCUT2D eigenvalue weighted by atomic mass is 10.1. The van der Waals surface area contributed by atoms with Gasteiger partial charge in [0.1, 0.15) is 17.8 Å². The van der Waals surface area contributed by atoms with E-state index in [0.717, 1.165) is 11.1 Å². The third-order valence-corrected chi connectivity index (χ3v) is 5.91. The Morgan fingerprint density at radius 1 is 1.00 bits per heavy atom. The molecule has 178 valence electrons. The van der Waals surface area contributed by atoms with E-state index in [1.54, 1.807) is 29.7 Å². The summed E-state index contributed by atoms with van der Waals surface area (Å²) in [5, 5.41) is 6.62. The highest BCUT2D eigenvalue weighted by molar-refractivity contribution is 6.30. The Kier molecular flexibility index (Phi) is 7.27. The number of halogens is 1. The molecular formula is C27H25ClN4O3. The van der Waals surface area contributed by atoms with Crippen LogP contribution in [0, 0.1) is 13.8 Å². The first-order valence-corrected chi connectivity index (χ1v) is 11.6. The van der Waals surface area contributed by atoms with Crippen molar-refractivity contribution in [1.82, 2.24) is 14.9 Å². The van der Waals surface area contributed by atoms with Gasteiger partial charge in [-0.1, -0.05) is 41.9 Å². The molecule has 0 unspecified atom stereocenters. The second-order valence-corrected chi connectivity index (χ2v) is 8.76. The Hall–Kier alpha value is -3.97. The monoisotopic (exact) mass is 488 g/mol. The van der Waals surface area contributed by atoms with Crippen molar-refractivity contribution in [3.05, 3.63) is 104 Å². The molecule has 0 radical (unpaired) electrons. The summed E-state index contributed by atoms with van der Waals surface area (Å²) in [7, 11) is 0. The maximum Gasteiger partial charge on any atom is 0.261 e. The Bertz CT molecular complexity index is 1460. The quantitative estimate of drug-likeness (QED) is 0.406. The second-order valence-electron chi connectivity index (χ2n) is 8.32. The number of anilines is 1. The first-order chi connectivity index (χ1) is 16.8. The molecule has 0 bridgehead atoms. The van der Waals surface area contributed by atoms with Gasteiger partial charge < -0.3 is 15.2 Å². The molecule has 0 fully saturated rings. The van der Waals surface area contributed by atoms with Crippen molar-refractivity contribution in [3.63, 3.8) is 0 Å². The number of rotatable bonds is 7. The summed E-state index contributed by atoms with van der Waals surface area (Å²) in [6.45, 7) is 4.03. The van der Waals surface area contributed by atoms with Crippen LogP contribution in [0.3, 0.4) is 0 Å². The van der Waals surface area contributed by atoms with E-state index in [-0.39, 0.29) is 23.4 Å². The van der Waals surface area contributed by atoms with Crippen LogP contribution in [0.4, 0.5) is 5.69 Å². The summed E-state index contributed by atoms with van der Waals surface area (Å²) in [5.74, 6) is -0.791. The van der Waals surface area contributed by atoms with E-state index in [1.165, 1.54) is 6.20 Å². The van der Waals surface area contributed by atoms with Gasteiger partial charge in [0.15, 0.2) is 0 Å². The molecule has 2 amide bonds. The van der Waals surface area contributed by atoms with Crippen LogP contribution in [-0.4, -0.2) is 27.9 Å². The van der Waals surface area contributed by atoms with Gasteiger partial charge >= 0.3 is 0 Å². The minimum atomic E-state index is -0.538. The molecule has 0 aliphatic rings. The largest absolute Gasteiger partial charge is 0.354 e. The van der Waals surface area contributed by atoms with Crippen LogP contribution in [-0.2, 0) is 17.8 Å². The third-order valence-electron chi connectivity index (χ3n) is 5.66. The van der Waals surface area contributed by atoms with Gasteiger partial charge in [0, 0.05) is 29.1 Å². The van der Waals surface area contributed by atoms with E-state index >= 15 is 0 Å². The average Bonchev–Trinajstić information content (AvgIpc) is 2.83. The standard InChI is InChI=1S/C27H25ClN4O3/c1-17-5-3-4-6-23(17)31-27(35)22-15-32(26-21(25(22)34)12-7-18(2)30-26)16-24(33)29-14-13-19-8-10-20(28)11-9-19/h3-12,15H,13-14,16H2,1-2H3,(H,29,33)(H,31,35). The van der Waals surface area contributed by atoms with Crippen molar-refractivity contribution in [2.75, 3.05) is 11.9 Å². The van der Waals surface area contributed by atoms with E-state index in [2.05, 4.69) is 15.6 Å². The van der Waals surface area contributed by atoms with Gasteiger partial charge in [-0.05, 0) is 61.7 Å². The van der Waals surface area contributed by atoms with Crippen LogP contribution in [0.2, 0.25) is 5.02 Å². The average molecular weight is 489 g/mol. The van der Waals surface area contributed by atoms with Crippen molar-refractivity contribution >= 4 is 40.1 Å². The lowest BCUT2D eigenvalue weighted by Crippen LogP contribution is -2.31. The molecule has 2 aromatic carbocycles. The van der Waals surface area contributed by atoms with Crippen molar-refractivity contribution in [2.24, 2.45) is 0 Å². The first kappa shape index (κ1) is 24.2. The highest BCUT2D eigenvalue weighted by atomic mass is 35.5. The van der Waals surface area contributed by atoms with Crippen LogP contribution in [0.15, 0.2) is 71.7 Å². The molecule has 0 atom stereocenters. The Balaban J connectivity index is 1.58. The number of nitrogens with zero attached hydrogens (tertiary/aromatic N) is 2. The lowest BCUT2D eigenvalue weighted by Gasteiger charge is -2.14. The van der Waals surface area contributed by atoms with E-state index < -0.39 is 11.3 Å². The summed E-state index contributed by atoms with van der Waals surface area (Å²) in [5.41, 5.74) is 3.11. The molecule has 4 rings (SSSR count). The fraction of sp³-hybridized carbons (Fsp3) is 0.185. The molecule has 2 heterocycles. The summed E-state index contributed by atoms with van der Waals surface area (Å²) < 4.78 is 1.55. The zero-order valence-corrected chi connectivity index (χ0v) is 20.2. The minimum absolute atomic E-state index is 0.0552. The fourth-order valence-corrected chi connectivity index (χ4v) is 3.88. The smallest absolute Gasteiger partial charge is 0.261 e. The number of fused-ring (bicyclic) bond motifs is 1. The maximum absolute atomic E-state index is 13.1. The van der Waals surface area contributed by atoms with Crippen LogP contribution in [0.1, 0.15) is 27.2 Å². The van der Waals surface area contributed by atoms with E-state index in [1.807, 2.05) is 49.4 Å². The van der Waals surface area contributed by atoms with Gasteiger partial charge in [0.05, 0.1) is 5.39 Å². The number of hydrogen-bond acceptors (Lipinski definition) is 4. The normalized spacial score (nSPS) is 10.8. The number of aromatic nitrogens is 2.